The Bertz CT molecular complexity index is 622. The van der Waals surface area contributed by atoms with Crippen molar-refractivity contribution >= 4 is 11.9 Å². The van der Waals surface area contributed by atoms with Crippen molar-refractivity contribution in [3.05, 3.63) is 48.5 Å². The molecule has 2 aromatic rings. The quantitative estimate of drug-likeness (QED) is 0.782. The van der Waals surface area contributed by atoms with E-state index in [1.165, 1.54) is 18.2 Å². The van der Waals surface area contributed by atoms with Crippen molar-refractivity contribution in [3.63, 3.8) is 0 Å². The van der Waals surface area contributed by atoms with Gasteiger partial charge in [-0.15, -0.1) is 0 Å². The zero-order valence-corrected chi connectivity index (χ0v) is 12.0. The average Bonchev–Trinajstić information content (AvgIpc) is 3.02. The zero-order valence-electron chi connectivity index (χ0n) is 12.0. The lowest BCUT2D eigenvalue weighted by molar-refractivity contribution is -0.141. The fourth-order valence-corrected chi connectivity index (χ4v) is 1.96. The van der Waals surface area contributed by atoms with Crippen LogP contribution in [0.5, 0.6) is 0 Å². The number of esters is 1. The Morgan fingerprint density at radius 3 is 2.62 bits per heavy atom. The van der Waals surface area contributed by atoms with Crippen LogP contribution in [0.25, 0.3) is 5.69 Å². The minimum Gasteiger partial charge on any atom is -0.468 e. The number of para-hydroxylation sites is 1. The first-order chi connectivity index (χ1) is 10.2. The monoisotopic (exact) mass is 287 g/mol. The second-order valence-electron chi connectivity index (χ2n) is 4.38. The number of methoxy groups -OCH3 is 1. The maximum atomic E-state index is 12.5. The highest BCUT2D eigenvalue weighted by Crippen LogP contribution is 2.12. The van der Waals surface area contributed by atoms with E-state index in [1.807, 2.05) is 37.3 Å². The highest BCUT2D eigenvalue weighted by Gasteiger charge is 2.21. The first-order valence-electron chi connectivity index (χ1n) is 6.61. The number of amides is 1. The van der Waals surface area contributed by atoms with E-state index >= 15 is 0 Å². The molecule has 110 valence electrons. The molecule has 0 atom stereocenters. The molecule has 2 rings (SSSR count). The summed E-state index contributed by atoms with van der Waals surface area (Å²) < 4.78 is 6.31. The summed E-state index contributed by atoms with van der Waals surface area (Å²) >= 11 is 0. The van der Waals surface area contributed by atoms with Crippen molar-refractivity contribution in [1.29, 1.82) is 0 Å². The van der Waals surface area contributed by atoms with Gasteiger partial charge in [-0.1, -0.05) is 18.2 Å². The lowest BCUT2D eigenvalue weighted by Gasteiger charge is -2.20. The standard InChI is InChI=1S/C15H17N3O3/c1-3-17(10-14(19)21-2)15(20)13-9-16-11-18(13)12-7-5-4-6-8-12/h4-9,11H,3,10H2,1-2H3. The molecule has 1 amide bonds. The van der Waals surface area contributed by atoms with E-state index in [0.717, 1.165) is 5.69 Å². The van der Waals surface area contributed by atoms with Gasteiger partial charge in [-0.25, -0.2) is 4.98 Å². The highest BCUT2D eigenvalue weighted by molar-refractivity contribution is 5.94. The molecule has 0 aliphatic carbocycles. The van der Waals surface area contributed by atoms with Crippen LogP contribution in [0.15, 0.2) is 42.9 Å². The third kappa shape index (κ3) is 3.28. The first kappa shape index (κ1) is 14.8. The van der Waals surface area contributed by atoms with Gasteiger partial charge >= 0.3 is 5.97 Å². The number of imidazole rings is 1. The van der Waals surface area contributed by atoms with Gasteiger partial charge < -0.3 is 9.64 Å². The molecule has 0 bridgehead atoms. The number of aromatic nitrogens is 2. The Morgan fingerprint density at radius 1 is 1.29 bits per heavy atom. The normalized spacial score (nSPS) is 10.2. The molecule has 21 heavy (non-hydrogen) atoms. The van der Waals surface area contributed by atoms with Gasteiger partial charge in [0.2, 0.25) is 0 Å². The van der Waals surface area contributed by atoms with E-state index in [1.54, 1.807) is 10.9 Å². The number of hydrogen-bond acceptors (Lipinski definition) is 4. The SMILES string of the molecule is CCN(CC(=O)OC)C(=O)c1cncn1-c1ccccc1. The minimum absolute atomic E-state index is 0.0776. The molecule has 0 saturated carbocycles. The Labute approximate surface area is 123 Å². The van der Waals surface area contributed by atoms with Crippen LogP contribution in [-0.4, -0.2) is 46.5 Å². The Hall–Kier alpha value is -2.63. The van der Waals surface area contributed by atoms with Gasteiger partial charge in [0.25, 0.3) is 5.91 Å². The molecule has 1 aromatic carbocycles. The number of likely N-dealkylation sites (N-methyl/N-ethyl adjacent to an activating group) is 1. The molecule has 1 aromatic heterocycles. The summed E-state index contributed by atoms with van der Waals surface area (Å²) in [5.74, 6) is -0.708. The summed E-state index contributed by atoms with van der Waals surface area (Å²) in [5, 5.41) is 0. The molecule has 0 fully saturated rings. The van der Waals surface area contributed by atoms with Crippen LogP contribution in [-0.2, 0) is 9.53 Å². The van der Waals surface area contributed by atoms with Gasteiger partial charge in [0, 0.05) is 12.2 Å². The van der Waals surface area contributed by atoms with Crippen molar-refractivity contribution in [1.82, 2.24) is 14.5 Å². The molecule has 6 heteroatoms. The number of carbonyl (C=O) groups is 2. The Kier molecular flexibility index (Phi) is 4.71. The van der Waals surface area contributed by atoms with Crippen LogP contribution >= 0.6 is 0 Å². The Balaban J connectivity index is 2.28. The van der Waals surface area contributed by atoms with Gasteiger partial charge in [0.05, 0.1) is 19.6 Å². The Morgan fingerprint density at radius 2 is 2.00 bits per heavy atom. The molecule has 0 aliphatic heterocycles. The van der Waals surface area contributed by atoms with Crippen molar-refractivity contribution in [3.8, 4) is 5.69 Å². The summed E-state index contributed by atoms with van der Waals surface area (Å²) in [6, 6.07) is 9.44. The predicted octanol–water partition coefficient (Wildman–Crippen LogP) is 1.51. The van der Waals surface area contributed by atoms with Crippen LogP contribution in [0.2, 0.25) is 0 Å². The second kappa shape index (κ2) is 6.69. The number of carbonyl (C=O) groups excluding carboxylic acids is 2. The number of rotatable bonds is 5. The molecule has 0 radical (unpaired) electrons. The maximum absolute atomic E-state index is 12.5. The van der Waals surface area contributed by atoms with Crippen LogP contribution in [0, 0.1) is 0 Å². The van der Waals surface area contributed by atoms with E-state index in [-0.39, 0.29) is 12.5 Å². The average molecular weight is 287 g/mol. The molecule has 0 N–H and O–H groups in total. The van der Waals surface area contributed by atoms with Crippen LogP contribution in [0.1, 0.15) is 17.4 Å². The lowest BCUT2D eigenvalue weighted by Crippen LogP contribution is -2.36. The van der Waals surface area contributed by atoms with E-state index in [9.17, 15) is 9.59 Å². The molecule has 6 nitrogen and oxygen atoms in total. The van der Waals surface area contributed by atoms with Crippen LogP contribution < -0.4 is 0 Å². The van der Waals surface area contributed by atoms with Crippen LogP contribution in [0.4, 0.5) is 0 Å². The lowest BCUT2D eigenvalue weighted by atomic mass is 10.3. The number of nitrogens with zero attached hydrogens (tertiary/aromatic N) is 3. The minimum atomic E-state index is -0.448. The molecule has 0 aliphatic rings. The summed E-state index contributed by atoms with van der Waals surface area (Å²) in [4.78, 5) is 29.4. The first-order valence-corrected chi connectivity index (χ1v) is 6.61. The fraction of sp³-hybridized carbons (Fsp3) is 0.267. The van der Waals surface area contributed by atoms with Crippen molar-refractivity contribution < 1.29 is 14.3 Å². The van der Waals surface area contributed by atoms with Crippen LogP contribution in [0.3, 0.4) is 0 Å². The van der Waals surface area contributed by atoms with Crippen molar-refractivity contribution in [2.24, 2.45) is 0 Å². The summed E-state index contributed by atoms with van der Waals surface area (Å²) in [5.41, 5.74) is 1.25. The largest absolute Gasteiger partial charge is 0.468 e. The van der Waals surface area contributed by atoms with Gasteiger partial charge in [0.1, 0.15) is 12.2 Å². The van der Waals surface area contributed by atoms with E-state index < -0.39 is 5.97 Å². The van der Waals surface area contributed by atoms with E-state index in [2.05, 4.69) is 9.72 Å². The molecule has 0 saturated heterocycles. The van der Waals surface area contributed by atoms with E-state index in [4.69, 9.17) is 0 Å². The second-order valence-corrected chi connectivity index (χ2v) is 4.38. The molecular weight excluding hydrogens is 270 g/mol. The highest BCUT2D eigenvalue weighted by atomic mass is 16.5. The molecule has 0 spiro atoms. The third-order valence-corrected chi connectivity index (χ3v) is 3.11. The number of hydrogen-bond donors (Lipinski definition) is 0. The predicted molar refractivity (Wildman–Crippen MR) is 77.2 cm³/mol. The zero-order chi connectivity index (χ0) is 15.2. The van der Waals surface area contributed by atoms with Gasteiger partial charge in [-0.05, 0) is 19.1 Å². The summed E-state index contributed by atoms with van der Waals surface area (Å²) in [7, 11) is 1.30. The maximum Gasteiger partial charge on any atom is 0.325 e. The van der Waals surface area contributed by atoms with Gasteiger partial charge in [-0.3, -0.25) is 14.2 Å². The number of benzene rings is 1. The summed E-state index contributed by atoms with van der Waals surface area (Å²) in [6.07, 6.45) is 3.07. The van der Waals surface area contributed by atoms with Crippen molar-refractivity contribution in [2.75, 3.05) is 20.2 Å². The number of ether oxygens (including phenoxy) is 1. The molecule has 0 unspecified atom stereocenters. The van der Waals surface area contributed by atoms with Gasteiger partial charge in [-0.2, -0.15) is 0 Å². The van der Waals surface area contributed by atoms with E-state index in [0.29, 0.717) is 12.2 Å². The smallest absolute Gasteiger partial charge is 0.325 e. The molecular formula is C15H17N3O3. The summed E-state index contributed by atoms with van der Waals surface area (Å²) in [6.45, 7) is 2.14. The third-order valence-electron chi connectivity index (χ3n) is 3.11. The molecule has 1 heterocycles. The van der Waals surface area contributed by atoms with Gasteiger partial charge in [0.15, 0.2) is 0 Å². The fourth-order valence-electron chi connectivity index (χ4n) is 1.96. The van der Waals surface area contributed by atoms with Crippen molar-refractivity contribution in [2.45, 2.75) is 6.92 Å². The topological polar surface area (TPSA) is 64.4 Å².